The van der Waals surface area contributed by atoms with Gasteiger partial charge in [0.25, 0.3) is 0 Å². The molecule has 0 unspecified atom stereocenters. The van der Waals surface area contributed by atoms with E-state index in [-0.39, 0.29) is 11.5 Å². The average molecular weight is 233 g/mol. The SMILES string of the molecule is COC(=O)C(C)(C)c1cccc(C2(N)CC2)c1. The Hall–Kier alpha value is -1.35. The van der Waals surface area contributed by atoms with Gasteiger partial charge in [0.15, 0.2) is 0 Å². The third-order valence-electron chi connectivity index (χ3n) is 3.64. The molecule has 1 aromatic rings. The van der Waals surface area contributed by atoms with Crippen molar-refractivity contribution in [1.29, 1.82) is 0 Å². The van der Waals surface area contributed by atoms with E-state index in [1.54, 1.807) is 0 Å². The third kappa shape index (κ3) is 2.07. The first-order valence-corrected chi connectivity index (χ1v) is 5.88. The maximum absolute atomic E-state index is 11.8. The Morgan fingerprint density at radius 3 is 2.59 bits per heavy atom. The second-order valence-corrected chi connectivity index (χ2v) is 5.35. The van der Waals surface area contributed by atoms with Crippen LogP contribution in [-0.4, -0.2) is 13.1 Å². The Bertz CT molecular complexity index is 447. The Morgan fingerprint density at radius 1 is 1.41 bits per heavy atom. The van der Waals surface area contributed by atoms with Gasteiger partial charge in [0.05, 0.1) is 12.5 Å². The molecule has 17 heavy (non-hydrogen) atoms. The summed E-state index contributed by atoms with van der Waals surface area (Å²) in [5.74, 6) is -0.225. The van der Waals surface area contributed by atoms with Gasteiger partial charge in [-0.15, -0.1) is 0 Å². The van der Waals surface area contributed by atoms with Crippen molar-refractivity contribution in [3.8, 4) is 0 Å². The fraction of sp³-hybridized carbons (Fsp3) is 0.500. The van der Waals surface area contributed by atoms with Crippen molar-refractivity contribution < 1.29 is 9.53 Å². The van der Waals surface area contributed by atoms with Crippen LogP contribution in [0.2, 0.25) is 0 Å². The molecule has 0 saturated heterocycles. The minimum atomic E-state index is -0.629. The molecule has 3 nitrogen and oxygen atoms in total. The smallest absolute Gasteiger partial charge is 0.315 e. The van der Waals surface area contributed by atoms with Gasteiger partial charge in [-0.25, -0.2) is 0 Å². The highest BCUT2D eigenvalue weighted by atomic mass is 16.5. The van der Waals surface area contributed by atoms with Crippen molar-refractivity contribution in [1.82, 2.24) is 0 Å². The van der Waals surface area contributed by atoms with Crippen molar-refractivity contribution in [2.75, 3.05) is 7.11 Å². The Kier molecular flexibility index (Phi) is 2.74. The largest absolute Gasteiger partial charge is 0.468 e. The standard InChI is InChI=1S/C14H19NO2/c1-13(2,12(16)17-3)10-5-4-6-11(9-10)14(15)7-8-14/h4-6,9H,7-8,15H2,1-3H3. The molecule has 2 N–H and O–H groups in total. The molecule has 1 fully saturated rings. The van der Waals surface area contributed by atoms with Crippen LogP contribution in [0.1, 0.15) is 37.8 Å². The van der Waals surface area contributed by atoms with Gasteiger partial charge in [-0.05, 0) is 37.8 Å². The topological polar surface area (TPSA) is 52.3 Å². The number of carbonyl (C=O) groups excluding carboxylic acids is 1. The summed E-state index contributed by atoms with van der Waals surface area (Å²) >= 11 is 0. The second-order valence-electron chi connectivity index (χ2n) is 5.35. The van der Waals surface area contributed by atoms with E-state index in [0.717, 1.165) is 24.0 Å². The molecule has 1 aliphatic rings. The van der Waals surface area contributed by atoms with E-state index < -0.39 is 5.41 Å². The predicted octanol–water partition coefficient (Wildman–Crippen LogP) is 2.08. The molecular formula is C14H19NO2. The quantitative estimate of drug-likeness (QED) is 0.813. The lowest BCUT2D eigenvalue weighted by molar-refractivity contribution is -0.146. The molecule has 2 rings (SSSR count). The van der Waals surface area contributed by atoms with Crippen molar-refractivity contribution in [2.45, 2.75) is 37.6 Å². The summed E-state index contributed by atoms with van der Waals surface area (Å²) in [5.41, 5.74) is 7.45. The second kappa shape index (κ2) is 3.84. The molecule has 0 atom stereocenters. The zero-order valence-corrected chi connectivity index (χ0v) is 10.6. The van der Waals surface area contributed by atoms with Crippen LogP contribution in [0.4, 0.5) is 0 Å². The molecule has 0 radical (unpaired) electrons. The Labute approximate surface area is 102 Å². The highest BCUT2D eigenvalue weighted by molar-refractivity contribution is 5.82. The highest BCUT2D eigenvalue weighted by Gasteiger charge is 2.41. The monoisotopic (exact) mass is 233 g/mol. The lowest BCUT2D eigenvalue weighted by Crippen LogP contribution is -2.30. The van der Waals surface area contributed by atoms with Crippen molar-refractivity contribution in [3.05, 3.63) is 35.4 Å². The fourth-order valence-corrected chi connectivity index (χ4v) is 2.01. The van der Waals surface area contributed by atoms with Gasteiger partial charge >= 0.3 is 5.97 Å². The molecule has 1 aromatic carbocycles. The zero-order chi connectivity index (χ0) is 12.7. The number of carbonyl (C=O) groups is 1. The summed E-state index contributed by atoms with van der Waals surface area (Å²) in [4.78, 5) is 11.8. The fourth-order valence-electron chi connectivity index (χ4n) is 2.01. The van der Waals surface area contributed by atoms with Gasteiger partial charge in [0, 0.05) is 5.54 Å². The number of ether oxygens (including phenoxy) is 1. The molecule has 0 aliphatic heterocycles. The first kappa shape index (κ1) is 12.1. The number of nitrogens with two attached hydrogens (primary N) is 1. The van der Waals surface area contributed by atoms with E-state index >= 15 is 0 Å². The van der Waals surface area contributed by atoms with Crippen LogP contribution in [0.15, 0.2) is 24.3 Å². The number of benzene rings is 1. The maximum Gasteiger partial charge on any atom is 0.315 e. The van der Waals surface area contributed by atoms with E-state index in [1.165, 1.54) is 7.11 Å². The molecule has 3 heteroatoms. The van der Waals surface area contributed by atoms with Crippen molar-refractivity contribution in [3.63, 3.8) is 0 Å². The number of hydrogen-bond donors (Lipinski definition) is 1. The minimum absolute atomic E-state index is 0.164. The lowest BCUT2D eigenvalue weighted by Gasteiger charge is -2.23. The molecule has 0 bridgehead atoms. The van der Waals surface area contributed by atoms with E-state index in [1.807, 2.05) is 38.1 Å². The molecule has 1 saturated carbocycles. The molecule has 0 aromatic heterocycles. The molecule has 1 aliphatic carbocycles. The van der Waals surface area contributed by atoms with Gasteiger partial charge in [-0.2, -0.15) is 0 Å². The molecule has 0 spiro atoms. The summed E-state index contributed by atoms with van der Waals surface area (Å²) in [5, 5.41) is 0. The van der Waals surface area contributed by atoms with Crippen molar-refractivity contribution in [2.24, 2.45) is 5.73 Å². The van der Waals surface area contributed by atoms with Gasteiger partial charge in [-0.3, -0.25) is 4.79 Å². The van der Waals surface area contributed by atoms with Gasteiger partial charge in [0.1, 0.15) is 0 Å². The van der Waals surface area contributed by atoms with E-state index in [0.29, 0.717) is 0 Å². The van der Waals surface area contributed by atoms with Crippen LogP contribution in [0.25, 0.3) is 0 Å². The number of methoxy groups -OCH3 is 1. The van der Waals surface area contributed by atoms with Crippen LogP contribution in [0.3, 0.4) is 0 Å². The zero-order valence-electron chi connectivity index (χ0n) is 10.6. The highest BCUT2D eigenvalue weighted by Crippen LogP contribution is 2.43. The van der Waals surface area contributed by atoms with Gasteiger partial charge in [-0.1, -0.05) is 24.3 Å². The molecule has 0 heterocycles. The average Bonchev–Trinajstić information content (AvgIpc) is 3.08. The first-order chi connectivity index (χ1) is 7.90. The van der Waals surface area contributed by atoms with Crippen LogP contribution in [-0.2, 0) is 20.5 Å². The van der Waals surface area contributed by atoms with E-state index in [9.17, 15) is 4.79 Å². The van der Waals surface area contributed by atoms with Crippen molar-refractivity contribution >= 4 is 5.97 Å². The predicted molar refractivity (Wildman–Crippen MR) is 66.6 cm³/mol. The number of esters is 1. The Morgan fingerprint density at radius 2 is 2.06 bits per heavy atom. The van der Waals surface area contributed by atoms with Crippen LogP contribution < -0.4 is 5.73 Å². The van der Waals surface area contributed by atoms with Gasteiger partial charge < -0.3 is 10.5 Å². The third-order valence-corrected chi connectivity index (χ3v) is 3.64. The molecule has 92 valence electrons. The summed E-state index contributed by atoms with van der Waals surface area (Å²) in [6.07, 6.45) is 2.05. The summed E-state index contributed by atoms with van der Waals surface area (Å²) < 4.78 is 4.84. The van der Waals surface area contributed by atoms with Crippen LogP contribution in [0, 0.1) is 0 Å². The molecular weight excluding hydrogens is 214 g/mol. The number of hydrogen-bond acceptors (Lipinski definition) is 3. The van der Waals surface area contributed by atoms with Crippen LogP contribution >= 0.6 is 0 Å². The van der Waals surface area contributed by atoms with Crippen LogP contribution in [0.5, 0.6) is 0 Å². The number of rotatable bonds is 3. The lowest BCUT2D eigenvalue weighted by atomic mass is 9.83. The van der Waals surface area contributed by atoms with Gasteiger partial charge in [0.2, 0.25) is 0 Å². The minimum Gasteiger partial charge on any atom is -0.468 e. The molecule has 0 amide bonds. The summed E-state index contributed by atoms with van der Waals surface area (Å²) in [7, 11) is 1.42. The Balaban J connectivity index is 2.36. The van der Waals surface area contributed by atoms with E-state index in [2.05, 4.69) is 0 Å². The normalized spacial score (nSPS) is 17.6. The summed E-state index contributed by atoms with van der Waals surface area (Å²) in [6, 6.07) is 7.97. The first-order valence-electron chi connectivity index (χ1n) is 5.88. The van der Waals surface area contributed by atoms with E-state index in [4.69, 9.17) is 10.5 Å². The summed E-state index contributed by atoms with van der Waals surface area (Å²) in [6.45, 7) is 3.74. The maximum atomic E-state index is 11.8.